The second kappa shape index (κ2) is 26.4. The molecule has 0 spiro atoms. The smallest absolute Gasteiger partial charge is 0.172 e. The summed E-state index contributed by atoms with van der Waals surface area (Å²) in [5, 5.41) is 8.39. The number of nitrogens with zero attached hydrogens (tertiary/aromatic N) is 3. The Labute approximate surface area is 286 Å². The quantitative estimate of drug-likeness (QED) is 0.106. The monoisotopic (exact) mass is 681 g/mol. The Morgan fingerprint density at radius 1 is 0.646 bits per heavy atom. The normalized spacial score (nSPS) is 11.9. The highest BCUT2D eigenvalue weighted by Crippen LogP contribution is 2.20. The zero-order valence-electron chi connectivity index (χ0n) is 29.8. The van der Waals surface area contributed by atoms with Gasteiger partial charge >= 0.3 is 0 Å². The van der Waals surface area contributed by atoms with Crippen LogP contribution in [0.15, 0.2) is 30.5 Å². The van der Waals surface area contributed by atoms with Crippen molar-refractivity contribution in [3.8, 4) is 17.0 Å². The molecule has 48 heavy (non-hydrogen) atoms. The minimum atomic E-state index is -0.0425. The lowest BCUT2D eigenvalue weighted by molar-refractivity contribution is -0.123. The summed E-state index contributed by atoms with van der Waals surface area (Å²) in [7, 11) is 0. The standard InChI is InChI=1S/C35H59N3O10/c1-30(2)34(39)29-48-32-8-6-31(7-9-32)33-28-38(37-36-33)11-13-41-15-17-43-19-21-45-23-25-47-27-26-46-24-22-44-20-18-42-16-14-40-12-10-35(3,4)5/h6-9,28,30H,10-27,29H2,1-5H3. The van der Waals surface area contributed by atoms with Crippen LogP contribution >= 0.6 is 0 Å². The van der Waals surface area contributed by atoms with Crippen molar-refractivity contribution >= 4 is 5.78 Å². The third kappa shape index (κ3) is 22.2. The topological polar surface area (TPSA) is 131 Å². The fourth-order valence-corrected chi connectivity index (χ4v) is 3.76. The van der Waals surface area contributed by atoms with Crippen LogP contribution in [-0.2, 0) is 49.2 Å². The predicted molar refractivity (Wildman–Crippen MR) is 181 cm³/mol. The highest BCUT2D eigenvalue weighted by molar-refractivity contribution is 5.81. The Bertz CT molecular complexity index is 1060. The van der Waals surface area contributed by atoms with Gasteiger partial charge < -0.3 is 42.6 Å². The number of carbonyl (C=O) groups excluding carboxylic acids is 1. The van der Waals surface area contributed by atoms with E-state index >= 15 is 0 Å². The van der Waals surface area contributed by atoms with Gasteiger partial charge in [-0.2, -0.15) is 0 Å². The Balaban J connectivity index is 1.29. The molecule has 13 heteroatoms. The molecule has 0 aliphatic heterocycles. The van der Waals surface area contributed by atoms with Gasteiger partial charge in [-0.3, -0.25) is 4.79 Å². The van der Waals surface area contributed by atoms with E-state index in [9.17, 15) is 4.79 Å². The first-order valence-electron chi connectivity index (χ1n) is 17.0. The largest absolute Gasteiger partial charge is 0.486 e. The zero-order valence-corrected chi connectivity index (χ0v) is 29.8. The molecule has 0 radical (unpaired) electrons. The minimum absolute atomic E-state index is 0.0425. The average Bonchev–Trinajstić information content (AvgIpc) is 3.54. The second-order valence-electron chi connectivity index (χ2n) is 12.5. The Hall–Kier alpha value is -2.49. The zero-order chi connectivity index (χ0) is 34.7. The lowest BCUT2D eigenvalue weighted by atomic mass is 9.93. The van der Waals surface area contributed by atoms with E-state index in [4.69, 9.17) is 42.6 Å². The van der Waals surface area contributed by atoms with Crippen molar-refractivity contribution in [3.05, 3.63) is 30.5 Å². The lowest BCUT2D eigenvalue weighted by Crippen LogP contribution is -2.16. The van der Waals surface area contributed by atoms with Crippen LogP contribution < -0.4 is 4.74 Å². The molecule has 2 rings (SSSR count). The van der Waals surface area contributed by atoms with Crippen molar-refractivity contribution in [1.82, 2.24) is 15.0 Å². The molecule has 13 nitrogen and oxygen atoms in total. The molecule has 2 aromatic rings. The van der Waals surface area contributed by atoms with Crippen molar-refractivity contribution in [2.45, 2.75) is 47.6 Å². The summed E-state index contributed by atoms with van der Waals surface area (Å²) in [5.74, 6) is 0.674. The van der Waals surface area contributed by atoms with Crippen molar-refractivity contribution in [2.75, 3.05) is 112 Å². The summed E-state index contributed by atoms with van der Waals surface area (Å²) in [6, 6.07) is 7.45. The molecular formula is C35H59N3O10. The molecule has 0 N–H and O–H groups in total. The van der Waals surface area contributed by atoms with Gasteiger partial charge in [-0.1, -0.05) is 39.8 Å². The molecule has 0 fully saturated rings. The molecule has 0 saturated carbocycles. The van der Waals surface area contributed by atoms with Gasteiger partial charge in [0.05, 0.1) is 112 Å². The Morgan fingerprint density at radius 2 is 1.06 bits per heavy atom. The number of rotatable bonds is 31. The summed E-state index contributed by atoms with van der Waals surface area (Å²) >= 11 is 0. The van der Waals surface area contributed by atoms with Gasteiger partial charge in [0.15, 0.2) is 5.78 Å². The van der Waals surface area contributed by atoms with Crippen LogP contribution in [0.1, 0.15) is 41.0 Å². The summed E-state index contributed by atoms with van der Waals surface area (Å²) in [5.41, 5.74) is 1.97. The van der Waals surface area contributed by atoms with E-state index in [1.54, 1.807) is 4.68 Å². The molecule has 0 unspecified atom stereocenters. The van der Waals surface area contributed by atoms with Gasteiger partial charge in [-0.25, -0.2) is 4.68 Å². The van der Waals surface area contributed by atoms with Crippen LogP contribution in [0.5, 0.6) is 5.75 Å². The number of ketones is 1. The maximum atomic E-state index is 11.7. The Morgan fingerprint density at radius 3 is 1.48 bits per heavy atom. The van der Waals surface area contributed by atoms with Gasteiger partial charge in [0.2, 0.25) is 0 Å². The first-order chi connectivity index (χ1) is 23.2. The van der Waals surface area contributed by atoms with Gasteiger partial charge in [0, 0.05) is 18.1 Å². The first kappa shape index (κ1) is 41.7. The highest BCUT2D eigenvalue weighted by atomic mass is 16.6. The molecule has 1 aromatic heterocycles. The van der Waals surface area contributed by atoms with Crippen molar-refractivity contribution in [1.29, 1.82) is 0 Å². The van der Waals surface area contributed by atoms with Crippen LogP contribution in [0.3, 0.4) is 0 Å². The fraction of sp³-hybridized carbons (Fsp3) is 0.743. The van der Waals surface area contributed by atoms with Crippen molar-refractivity contribution in [2.24, 2.45) is 11.3 Å². The second-order valence-corrected chi connectivity index (χ2v) is 12.5. The summed E-state index contributed by atoms with van der Waals surface area (Å²) in [6.45, 7) is 19.6. The minimum Gasteiger partial charge on any atom is -0.486 e. The van der Waals surface area contributed by atoms with E-state index in [0.29, 0.717) is 117 Å². The number of hydrogen-bond donors (Lipinski definition) is 0. The summed E-state index contributed by atoms with van der Waals surface area (Å²) in [6.07, 6.45) is 2.91. The van der Waals surface area contributed by atoms with Crippen LogP contribution in [0, 0.1) is 11.3 Å². The van der Waals surface area contributed by atoms with E-state index in [1.165, 1.54) is 0 Å². The van der Waals surface area contributed by atoms with E-state index in [-0.39, 0.29) is 18.3 Å². The number of hydrogen-bond acceptors (Lipinski definition) is 12. The molecule has 0 atom stereocenters. The Kier molecular flexibility index (Phi) is 22.9. The third-order valence-electron chi connectivity index (χ3n) is 6.78. The summed E-state index contributed by atoms with van der Waals surface area (Å²) < 4.78 is 51.5. The van der Waals surface area contributed by atoms with Crippen molar-refractivity contribution in [3.63, 3.8) is 0 Å². The molecule has 274 valence electrons. The van der Waals surface area contributed by atoms with Gasteiger partial charge in [0.1, 0.15) is 18.1 Å². The van der Waals surface area contributed by atoms with Crippen LogP contribution in [0.4, 0.5) is 0 Å². The first-order valence-corrected chi connectivity index (χ1v) is 17.0. The fourth-order valence-electron chi connectivity index (χ4n) is 3.76. The number of Topliss-reactive ketones (excluding diaryl/α,β-unsaturated/α-hetero) is 1. The average molecular weight is 682 g/mol. The maximum absolute atomic E-state index is 11.7. The van der Waals surface area contributed by atoms with Crippen molar-refractivity contribution < 1.29 is 47.4 Å². The van der Waals surface area contributed by atoms with Crippen LogP contribution in [0.2, 0.25) is 0 Å². The van der Waals surface area contributed by atoms with Gasteiger partial charge in [0.25, 0.3) is 0 Å². The molecule has 1 heterocycles. The van der Waals surface area contributed by atoms with E-state index in [1.807, 2.05) is 44.3 Å². The lowest BCUT2D eigenvalue weighted by Gasteiger charge is -2.17. The predicted octanol–water partition coefficient (Wildman–Crippen LogP) is 4.12. The molecule has 0 bridgehead atoms. The number of aromatic nitrogens is 3. The number of carbonyl (C=O) groups is 1. The van der Waals surface area contributed by atoms with Crippen LogP contribution in [0.25, 0.3) is 11.3 Å². The molecule has 0 aliphatic carbocycles. The van der Waals surface area contributed by atoms with Gasteiger partial charge in [-0.15, -0.1) is 5.10 Å². The SMILES string of the molecule is CC(C)C(=O)COc1ccc(-c2cn(CCOCCOCCOCCOCCOCCOCCOCCOCCC(C)(C)C)nn2)cc1. The molecule has 0 aliphatic rings. The van der Waals surface area contributed by atoms with Crippen LogP contribution in [-0.4, -0.2) is 133 Å². The molecular weight excluding hydrogens is 622 g/mol. The third-order valence-corrected chi connectivity index (χ3v) is 6.78. The molecule has 0 saturated heterocycles. The maximum Gasteiger partial charge on any atom is 0.172 e. The molecule has 1 aromatic carbocycles. The number of ether oxygens (including phenoxy) is 9. The van der Waals surface area contributed by atoms with E-state index < -0.39 is 0 Å². The highest BCUT2D eigenvalue weighted by Gasteiger charge is 2.10. The van der Waals surface area contributed by atoms with E-state index in [2.05, 4.69) is 31.1 Å². The van der Waals surface area contributed by atoms with Gasteiger partial charge in [-0.05, 0) is 36.1 Å². The number of benzene rings is 1. The molecule has 0 amide bonds. The van der Waals surface area contributed by atoms with E-state index in [0.717, 1.165) is 24.3 Å². The summed E-state index contributed by atoms with van der Waals surface area (Å²) in [4.78, 5) is 11.7.